The second-order valence-electron chi connectivity index (χ2n) is 4.38. The van der Waals surface area contributed by atoms with E-state index in [0.29, 0.717) is 18.3 Å². The van der Waals surface area contributed by atoms with Crippen LogP contribution in [0.5, 0.6) is 0 Å². The van der Waals surface area contributed by atoms with Gasteiger partial charge in [-0.3, -0.25) is 9.40 Å². The molecule has 0 saturated heterocycles. The summed E-state index contributed by atoms with van der Waals surface area (Å²) in [4.78, 5) is 0. The van der Waals surface area contributed by atoms with Gasteiger partial charge in [0, 0.05) is 25.4 Å². The maximum Gasteiger partial charge on any atom is 0.233 e. The predicted octanol–water partition coefficient (Wildman–Crippen LogP) is 0.304. The third-order valence-electron chi connectivity index (χ3n) is 2.57. The maximum atomic E-state index is 11.7. The molecule has 2 rings (SSSR count). The summed E-state index contributed by atoms with van der Waals surface area (Å²) in [7, 11) is -1.52. The molecule has 7 heteroatoms. The van der Waals surface area contributed by atoms with E-state index < -0.39 is 10.0 Å². The van der Waals surface area contributed by atoms with Gasteiger partial charge in [-0.25, -0.2) is 8.42 Å². The monoisotopic (exact) mass is 258 g/mol. The highest BCUT2D eigenvalue weighted by atomic mass is 32.2. The van der Waals surface area contributed by atoms with Crippen LogP contribution in [-0.4, -0.2) is 36.5 Å². The highest BCUT2D eigenvalue weighted by Gasteiger charge is 2.20. The average Bonchev–Trinajstić information content (AvgIpc) is 2.98. The standard InChI is InChI=1S/C10H18N4O2S/c1-14-7-5-10(12-14)13-17(15,16)8-2-6-11-9-3-4-9/h5,7,9,11H,2-4,6,8H2,1H3,(H,12,13). The normalized spacial score (nSPS) is 16.1. The molecule has 0 aromatic carbocycles. The molecule has 1 aromatic rings. The first-order valence-corrected chi connectivity index (χ1v) is 7.44. The van der Waals surface area contributed by atoms with E-state index in [1.165, 1.54) is 12.8 Å². The number of aryl methyl sites for hydroxylation is 1. The molecule has 1 heterocycles. The number of nitrogens with one attached hydrogen (secondary N) is 2. The van der Waals surface area contributed by atoms with Gasteiger partial charge >= 0.3 is 0 Å². The minimum absolute atomic E-state index is 0.128. The molecule has 1 aliphatic carbocycles. The Hall–Kier alpha value is -1.08. The lowest BCUT2D eigenvalue weighted by Crippen LogP contribution is -2.23. The van der Waals surface area contributed by atoms with Crippen LogP contribution in [0.1, 0.15) is 19.3 Å². The Morgan fingerprint density at radius 3 is 2.88 bits per heavy atom. The molecule has 6 nitrogen and oxygen atoms in total. The maximum absolute atomic E-state index is 11.7. The minimum atomic E-state index is -3.26. The summed E-state index contributed by atoms with van der Waals surface area (Å²) in [6.07, 6.45) is 4.77. The molecule has 0 unspecified atom stereocenters. The molecular weight excluding hydrogens is 240 g/mol. The Morgan fingerprint density at radius 2 is 2.29 bits per heavy atom. The molecule has 0 amide bonds. The van der Waals surface area contributed by atoms with Crippen molar-refractivity contribution in [1.29, 1.82) is 0 Å². The van der Waals surface area contributed by atoms with Crippen molar-refractivity contribution in [3.05, 3.63) is 12.3 Å². The van der Waals surface area contributed by atoms with E-state index in [4.69, 9.17) is 0 Å². The zero-order valence-corrected chi connectivity index (χ0v) is 10.7. The molecule has 0 radical (unpaired) electrons. The molecule has 0 bridgehead atoms. The van der Waals surface area contributed by atoms with Gasteiger partial charge in [-0.05, 0) is 25.8 Å². The van der Waals surface area contributed by atoms with E-state index in [0.717, 1.165) is 6.54 Å². The molecule has 0 aliphatic heterocycles. The predicted molar refractivity (Wildman–Crippen MR) is 66.3 cm³/mol. The molecule has 1 aromatic heterocycles. The summed E-state index contributed by atoms with van der Waals surface area (Å²) in [5.41, 5.74) is 0. The Balaban J connectivity index is 1.73. The topological polar surface area (TPSA) is 76.0 Å². The third kappa shape index (κ3) is 4.35. The second kappa shape index (κ2) is 5.05. The first-order chi connectivity index (χ1) is 8.05. The van der Waals surface area contributed by atoms with Crippen molar-refractivity contribution in [2.75, 3.05) is 17.0 Å². The van der Waals surface area contributed by atoms with Crippen LogP contribution in [0.2, 0.25) is 0 Å². The lowest BCUT2D eigenvalue weighted by atomic mass is 10.5. The molecule has 0 atom stereocenters. The second-order valence-corrected chi connectivity index (χ2v) is 6.22. The minimum Gasteiger partial charge on any atom is -0.314 e. The summed E-state index contributed by atoms with van der Waals surface area (Å²) in [5, 5.41) is 7.26. The summed E-state index contributed by atoms with van der Waals surface area (Å²) in [5.74, 6) is 0.506. The fraction of sp³-hybridized carbons (Fsp3) is 0.700. The quantitative estimate of drug-likeness (QED) is 0.690. The fourth-order valence-corrected chi connectivity index (χ4v) is 2.59. The largest absolute Gasteiger partial charge is 0.314 e. The number of anilines is 1. The van der Waals surface area contributed by atoms with E-state index in [-0.39, 0.29) is 5.75 Å². The molecule has 1 saturated carbocycles. The molecule has 1 fully saturated rings. The van der Waals surface area contributed by atoms with Crippen LogP contribution in [0.25, 0.3) is 0 Å². The van der Waals surface area contributed by atoms with Crippen LogP contribution < -0.4 is 10.0 Å². The molecule has 2 N–H and O–H groups in total. The van der Waals surface area contributed by atoms with Crippen molar-refractivity contribution in [2.24, 2.45) is 7.05 Å². The number of aromatic nitrogens is 2. The fourth-order valence-electron chi connectivity index (χ4n) is 1.54. The summed E-state index contributed by atoms with van der Waals surface area (Å²) < 4.78 is 27.4. The Morgan fingerprint density at radius 1 is 1.53 bits per heavy atom. The van der Waals surface area contributed by atoms with Gasteiger partial charge in [0.2, 0.25) is 10.0 Å². The van der Waals surface area contributed by atoms with Crippen LogP contribution in [0.4, 0.5) is 5.82 Å². The molecule has 17 heavy (non-hydrogen) atoms. The van der Waals surface area contributed by atoms with Crippen molar-refractivity contribution >= 4 is 15.8 Å². The average molecular weight is 258 g/mol. The van der Waals surface area contributed by atoms with E-state index in [1.807, 2.05) is 0 Å². The van der Waals surface area contributed by atoms with Gasteiger partial charge in [0.25, 0.3) is 0 Å². The van der Waals surface area contributed by atoms with Gasteiger partial charge in [-0.15, -0.1) is 0 Å². The first kappa shape index (κ1) is 12.4. The highest BCUT2D eigenvalue weighted by molar-refractivity contribution is 7.92. The lowest BCUT2D eigenvalue weighted by molar-refractivity contribution is 0.593. The van der Waals surface area contributed by atoms with E-state index >= 15 is 0 Å². The smallest absolute Gasteiger partial charge is 0.233 e. The zero-order valence-electron chi connectivity index (χ0n) is 9.89. The van der Waals surface area contributed by atoms with Crippen molar-refractivity contribution in [3.63, 3.8) is 0 Å². The van der Waals surface area contributed by atoms with Gasteiger partial charge < -0.3 is 5.32 Å². The van der Waals surface area contributed by atoms with Crippen LogP contribution in [0, 0.1) is 0 Å². The highest BCUT2D eigenvalue weighted by Crippen LogP contribution is 2.18. The zero-order chi connectivity index (χ0) is 12.3. The van der Waals surface area contributed by atoms with E-state index in [2.05, 4.69) is 15.1 Å². The van der Waals surface area contributed by atoms with Gasteiger partial charge in [-0.1, -0.05) is 0 Å². The third-order valence-corrected chi connectivity index (χ3v) is 3.92. The van der Waals surface area contributed by atoms with Crippen LogP contribution in [-0.2, 0) is 17.1 Å². The molecular formula is C10H18N4O2S. The number of rotatable bonds is 7. The van der Waals surface area contributed by atoms with Gasteiger partial charge in [0.05, 0.1) is 5.75 Å². The number of sulfonamides is 1. The summed E-state index contributed by atoms with van der Waals surface area (Å²) >= 11 is 0. The van der Waals surface area contributed by atoms with Gasteiger partial charge in [0.15, 0.2) is 5.82 Å². The number of nitrogens with zero attached hydrogens (tertiary/aromatic N) is 2. The van der Waals surface area contributed by atoms with Crippen molar-refractivity contribution in [2.45, 2.75) is 25.3 Å². The van der Waals surface area contributed by atoms with Crippen LogP contribution in [0.3, 0.4) is 0 Å². The van der Waals surface area contributed by atoms with Crippen LogP contribution >= 0.6 is 0 Å². The van der Waals surface area contributed by atoms with E-state index in [1.54, 1.807) is 24.0 Å². The summed E-state index contributed by atoms with van der Waals surface area (Å²) in [6, 6.07) is 2.27. The van der Waals surface area contributed by atoms with Crippen molar-refractivity contribution in [1.82, 2.24) is 15.1 Å². The van der Waals surface area contributed by atoms with Gasteiger partial charge in [0.1, 0.15) is 0 Å². The molecule has 0 spiro atoms. The lowest BCUT2D eigenvalue weighted by Gasteiger charge is -2.05. The van der Waals surface area contributed by atoms with E-state index in [9.17, 15) is 8.42 Å². The Kier molecular flexibility index (Phi) is 3.68. The van der Waals surface area contributed by atoms with Gasteiger partial charge in [-0.2, -0.15) is 5.10 Å². The molecule has 96 valence electrons. The summed E-state index contributed by atoms with van der Waals surface area (Å²) in [6.45, 7) is 0.758. The Labute approximate surface area is 101 Å². The molecule has 1 aliphatic rings. The van der Waals surface area contributed by atoms with Crippen molar-refractivity contribution in [3.8, 4) is 0 Å². The first-order valence-electron chi connectivity index (χ1n) is 5.79. The number of hydrogen-bond donors (Lipinski definition) is 2. The van der Waals surface area contributed by atoms with Crippen molar-refractivity contribution < 1.29 is 8.42 Å². The SMILES string of the molecule is Cn1ccc(NS(=O)(=O)CCCNC2CC2)n1. The number of hydrogen-bond acceptors (Lipinski definition) is 4. The Bertz CT molecular complexity index is 464. The van der Waals surface area contributed by atoms with Crippen LogP contribution in [0.15, 0.2) is 12.3 Å².